The minimum absolute atomic E-state index is 0.0809. The number of allylic oxidation sites excluding steroid dienone is 28. The molecule has 0 aromatic rings. The average molecular weight is 1480 g/mol. The van der Waals surface area contributed by atoms with Gasteiger partial charge in [-0.05, 0) is 148 Å². The number of rotatable bonds is 73. The molecule has 0 radical (unpaired) electrons. The second-order valence-electron chi connectivity index (χ2n) is 25.7. The molecule has 103 heavy (non-hydrogen) atoms. The predicted octanol–water partition coefficient (Wildman–Crippen LogP) is 23.2. The summed E-state index contributed by atoms with van der Waals surface area (Å²) in [4.78, 5) is 58.6. The molecular formula is C85H140O16P2. The Morgan fingerprint density at radius 1 is 0.282 bits per heavy atom. The van der Waals surface area contributed by atoms with Gasteiger partial charge in [0.15, 0.2) is 6.10 Å². The first kappa shape index (κ1) is 97.9. The Morgan fingerprint density at radius 3 is 0.816 bits per heavy atom. The van der Waals surface area contributed by atoms with Crippen LogP contribution in [0.25, 0.3) is 0 Å². The molecule has 0 aliphatic heterocycles. The SMILES string of the molecule is CC/C=C\C/C=C\C/C=C\C/C=C\C/C=C\C/C=C\CCCCCCCCCCC(=O)OCC(O)COP(=O)(O)OCC(O)COP(=O)(O)OCC(COC(=O)CCCCCCCCCC/C=C\C/C=C\C/C=C\C/C=C\C/C=C\C/C=C\CC)OC(=O)CCCCCCC/C=C\C/C=C\CCC. The molecule has 0 rings (SSSR count). The Morgan fingerprint density at radius 2 is 0.515 bits per heavy atom. The zero-order valence-corrected chi connectivity index (χ0v) is 65.7. The van der Waals surface area contributed by atoms with Gasteiger partial charge in [0.2, 0.25) is 0 Å². The van der Waals surface area contributed by atoms with Gasteiger partial charge in [0.05, 0.1) is 26.4 Å². The fourth-order valence-electron chi connectivity index (χ4n) is 9.97. The predicted molar refractivity (Wildman–Crippen MR) is 426 cm³/mol. The Kier molecular flexibility index (Phi) is 72.8. The van der Waals surface area contributed by atoms with E-state index < -0.39 is 91.5 Å². The summed E-state index contributed by atoms with van der Waals surface area (Å²) in [5.41, 5.74) is 0. The van der Waals surface area contributed by atoms with Crippen LogP contribution in [-0.2, 0) is 55.8 Å². The molecule has 0 saturated carbocycles. The number of esters is 3. The van der Waals surface area contributed by atoms with Gasteiger partial charge in [0, 0.05) is 19.3 Å². The molecule has 4 N–H and O–H groups in total. The van der Waals surface area contributed by atoms with Crippen LogP contribution in [0.1, 0.15) is 290 Å². The summed E-state index contributed by atoms with van der Waals surface area (Å²) in [5, 5.41) is 20.6. The molecule has 0 aromatic carbocycles. The Bertz CT molecular complexity index is 2550. The second kappa shape index (κ2) is 76.6. The van der Waals surface area contributed by atoms with Crippen LogP contribution in [-0.4, -0.2) is 95.9 Å². The van der Waals surface area contributed by atoms with Gasteiger partial charge in [-0.3, -0.25) is 32.5 Å². The zero-order chi connectivity index (χ0) is 75.2. The van der Waals surface area contributed by atoms with Crippen molar-refractivity contribution in [2.24, 2.45) is 0 Å². The van der Waals surface area contributed by atoms with Crippen LogP contribution < -0.4 is 0 Å². The third-order valence-electron chi connectivity index (χ3n) is 15.9. The van der Waals surface area contributed by atoms with E-state index in [2.05, 4.69) is 191 Å². The number of aliphatic hydroxyl groups is 2. The summed E-state index contributed by atoms with van der Waals surface area (Å²) in [6, 6.07) is 0. The molecule has 16 nitrogen and oxygen atoms in total. The average Bonchev–Trinajstić information content (AvgIpc) is 0.924. The quantitative estimate of drug-likeness (QED) is 0.0146. The van der Waals surface area contributed by atoms with Crippen LogP contribution in [0.2, 0.25) is 0 Å². The van der Waals surface area contributed by atoms with Crippen molar-refractivity contribution in [1.82, 2.24) is 0 Å². The van der Waals surface area contributed by atoms with Crippen molar-refractivity contribution in [2.45, 2.75) is 309 Å². The second-order valence-corrected chi connectivity index (χ2v) is 28.7. The summed E-state index contributed by atoms with van der Waals surface area (Å²) in [5.74, 6) is -1.62. The summed E-state index contributed by atoms with van der Waals surface area (Å²) in [6.45, 7) is 2.34. The van der Waals surface area contributed by atoms with Gasteiger partial charge in [0.25, 0.3) is 0 Å². The molecule has 5 unspecified atom stereocenters. The molecule has 0 saturated heterocycles. The molecule has 0 fully saturated rings. The smallest absolute Gasteiger partial charge is 0.463 e. The number of aliphatic hydroxyl groups excluding tert-OH is 2. The number of unbranched alkanes of at least 4 members (excludes halogenated alkanes) is 22. The van der Waals surface area contributed by atoms with E-state index in [1.54, 1.807) is 0 Å². The maximum atomic E-state index is 12.9. The number of hydrogen-bond acceptors (Lipinski definition) is 14. The van der Waals surface area contributed by atoms with Gasteiger partial charge in [-0.1, -0.05) is 294 Å². The van der Waals surface area contributed by atoms with Gasteiger partial charge < -0.3 is 34.2 Å². The lowest BCUT2D eigenvalue weighted by Crippen LogP contribution is -2.30. The first-order valence-corrected chi connectivity index (χ1v) is 42.4. The highest BCUT2D eigenvalue weighted by molar-refractivity contribution is 7.47. The molecule has 586 valence electrons. The van der Waals surface area contributed by atoms with Gasteiger partial charge in [-0.25, -0.2) is 9.13 Å². The van der Waals surface area contributed by atoms with Gasteiger partial charge in [-0.15, -0.1) is 0 Å². The standard InChI is InChI=1S/C85H140O16P2/c1-4-7-10-13-16-19-22-25-27-29-31-33-35-37-39-41-43-45-47-49-51-54-56-59-62-65-68-71-83(88)95-74-80(86)75-97-102(91,92)98-76-81(87)77-99-103(93,94)100-79-82(101-85(90)73-70-67-64-61-58-53-24-21-18-15-12-9-6-3)78-96-84(89)72-69-66-63-60-57-55-52-50-48-46-44-42-40-38-36-34-32-30-28-26-23-20-17-14-11-8-5-2/h7-8,10-12,15-17,19-21,24-28,31-34,37-40,43-46,80-82,86-87H,4-6,9,13-14,18,22-23,29-30,35-36,41-42,47-79H2,1-3H3,(H,91,92)(H,93,94)/b10-7-,11-8-,15-12-,19-16-,20-17-,24-21-,27-25-,28-26-,33-31-,34-32-,39-37-,40-38-,45-43-,46-44-. The maximum Gasteiger partial charge on any atom is 0.472 e. The topological polar surface area (TPSA) is 231 Å². The molecule has 18 heteroatoms. The van der Waals surface area contributed by atoms with E-state index in [1.807, 2.05) is 0 Å². The van der Waals surface area contributed by atoms with Crippen molar-refractivity contribution in [3.05, 3.63) is 170 Å². The van der Waals surface area contributed by atoms with E-state index in [-0.39, 0.29) is 19.3 Å². The number of hydrogen-bond donors (Lipinski definition) is 4. The number of carbonyl (C=O) groups excluding carboxylic acids is 3. The number of phosphoric ester groups is 2. The van der Waals surface area contributed by atoms with Crippen molar-refractivity contribution < 1.29 is 75.8 Å². The minimum atomic E-state index is -4.94. The fourth-order valence-corrected chi connectivity index (χ4v) is 11.6. The van der Waals surface area contributed by atoms with Crippen LogP contribution in [0.3, 0.4) is 0 Å². The Hall–Kier alpha value is -5.09. The first-order chi connectivity index (χ1) is 50.2. The van der Waals surface area contributed by atoms with Gasteiger partial charge >= 0.3 is 33.6 Å². The van der Waals surface area contributed by atoms with E-state index >= 15 is 0 Å². The third kappa shape index (κ3) is 77.8. The van der Waals surface area contributed by atoms with E-state index in [4.69, 9.17) is 32.3 Å². The van der Waals surface area contributed by atoms with Crippen LogP contribution in [0.4, 0.5) is 0 Å². The van der Waals surface area contributed by atoms with Gasteiger partial charge in [-0.2, -0.15) is 0 Å². The van der Waals surface area contributed by atoms with Crippen molar-refractivity contribution in [1.29, 1.82) is 0 Å². The third-order valence-corrected chi connectivity index (χ3v) is 17.8. The van der Waals surface area contributed by atoms with Crippen LogP contribution >= 0.6 is 15.6 Å². The molecule has 0 bridgehead atoms. The zero-order valence-electron chi connectivity index (χ0n) is 63.9. The fraction of sp³-hybridized carbons (Fsp3) is 0.635. The van der Waals surface area contributed by atoms with E-state index in [9.17, 15) is 43.5 Å². The molecular weight excluding hydrogens is 1340 g/mol. The molecule has 0 amide bonds. The van der Waals surface area contributed by atoms with Crippen molar-refractivity contribution in [3.8, 4) is 0 Å². The van der Waals surface area contributed by atoms with Gasteiger partial charge in [0.1, 0.15) is 25.4 Å². The normalized spacial score (nSPS) is 14.9. The molecule has 0 aliphatic carbocycles. The highest BCUT2D eigenvalue weighted by atomic mass is 31.2. The highest BCUT2D eigenvalue weighted by Gasteiger charge is 2.29. The lowest BCUT2D eigenvalue weighted by molar-refractivity contribution is -0.161. The molecule has 0 aromatic heterocycles. The van der Waals surface area contributed by atoms with E-state index in [1.165, 1.54) is 25.7 Å². The number of phosphoric acid groups is 2. The van der Waals surface area contributed by atoms with E-state index in [0.29, 0.717) is 19.3 Å². The molecule has 0 heterocycles. The van der Waals surface area contributed by atoms with Crippen molar-refractivity contribution >= 4 is 33.6 Å². The maximum absolute atomic E-state index is 12.9. The number of ether oxygens (including phenoxy) is 3. The largest absolute Gasteiger partial charge is 0.472 e. The van der Waals surface area contributed by atoms with Crippen molar-refractivity contribution in [3.63, 3.8) is 0 Å². The number of carbonyl (C=O) groups is 3. The minimum Gasteiger partial charge on any atom is -0.463 e. The summed E-state index contributed by atoms with van der Waals surface area (Å²) >= 11 is 0. The molecule has 0 spiro atoms. The Labute approximate surface area is 624 Å². The molecule has 5 atom stereocenters. The monoisotopic (exact) mass is 1480 g/mol. The summed E-state index contributed by atoms with van der Waals surface area (Å²) in [6.07, 6.45) is 96.9. The van der Waals surface area contributed by atoms with Crippen molar-refractivity contribution in [2.75, 3.05) is 39.6 Å². The highest BCUT2D eigenvalue weighted by Crippen LogP contribution is 2.45. The van der Waals surface area contributed by atoms with Crippen LogP contribution in [0.15, 0.2) is 170 Å². The van der Waals surface area contributed by atoms with Crippen LogP contribution in [0.5, 0.6) is 0 Å². The summed E-state index contributed by atoms with van der Waals surface area (Å²) < 4.78 is 61.1. The molecule has 0 aliphatic rings. The lowest BCUT2D eigenvalue weighted by atomic mass is 10.1. The van der Waals surface area contributed by atoms with Crippen LogP contribution in [0, 0.1) is 0 Å². The summed E-state index contributed by atoms with van der Waals surface area (Å²) in [7, 11) is -9.81. The lowest BCUT2D eigenvalue weighted by Gasteiger charge is -2.21. The Balaban J connectivity index is 4.57. The first-order valence-electron chi connectivity index (χ1n) is 39.4. The van der Waals surface area contributed by atoms with E-state index in [0.717, 1.165) is 205 Å².